The molecule has 0 bridgehead atoms. The van der Waals surface area contributed by atoms with Gasteiger partial charge in [-0.3, -0.25) is 4.79 Å². The smallest absolute Gasteiger partial charge is 0.343 e. The van der Waals surface area contributed by atoms with Crippen molar-refractivity contribution >= 4 is 39.8 Å². The molecule has 0 fully saturated rings. The number of carbonyl (C=O) groups excluding carboxylic acids is 2. The SMILES string of the molecule is Cc1sc2c(c1C)C(=O)N[C@H](c1ccc(OC(=O)c3ccc(Cl)cc3)cc1)N2. The van der Waals surface area contributed by atoms with Gasteiger partial charge in [0.2, 0.25) is 0 Å². The lowest BCUT2D eigenvalue weighted by atomic mass is 10.1. The number of esters is 1. The van der Waals surface area contributed by atoms with Crippen molar-refractivity contribution in [2.45, 2.75) is 20.0 Å². The normalized spacial score (nSPS) is 15.4. The summed E-state index contributed by atoms with van der Waals surface area (Å²) in [6.07, 6.45) is -0.335. The summed E-state index contributed by atoms with van der Waals surface area (Å²) in [5.74, 6) is -0.115. The van der Waals surface area contributed by atoms with E-state index >= 15 is 0 Å². The molecule has 0 unspecified atom stereocenters. The number of hydrogen-bond acceptors (Lipinski definition) is 5. The Morgan fingerprint density at radius 1 is 1.04 bits per heavy atom. The monoisotopic (exact) mass is 412 g/mol. The van der Waals surface area contributed by atoms with E-state index in [1.54, 1.807) is 47.7 Å². The molecule has 142 valence electrons. The van der Waals surface area contributed by atoms with Gasteiger partial charge in [-0.05, 0) is 61.4 Å². The second-order valence-electron chi connectivity index (χ2n) is 6.50. The first-order valence-corrected chi connectivity index (χ1v) is 9.87. The number of thiophene rings is 1. The maximum atomic E-state index is 12.5. The van der Waals surface area contributed by atoms with E-state index in [0.717, 1.165) is 21.0 Å². The van der Waals surface area contributed by atoms with E-state index in [4.69, 9.17) is 16.3 Å². The number of fused-ring (bicyclic) bond motifs is 1. The number of anilines is 1. The summed E-state index contributed by atoms with van der Waals surface area (Å²) >= 11 is 7.41. The summed E-state index contributed by atoms with van der Waals surface area (Å²) in [7, 11) is 0. The second-order valence-corrected chi connectivity index (χ2v) is 8.16. The van der Waals surface area contributed by atoms with Gasteiger partial charge in [-0.25, -0.2) is 4.79 Å². The molecule has 0 saturated heterocycles. The molecule has 7 heteroatoms. The Hall–Kier alpha value is -2.83. The van der Waals surface area contributed by atoms with Crippen molar-refractivity contribution in [3.05, 3.63) is 80.7 Å². The van der Waals surface area contributed by atoms with Gasteiger partial charge in [0.25, 0.3) is 5.91 Å². The van der Waals surface area contributed by atoms with Crippen molar-refractivity contribution < 1.29 is 14.3 Å². The standard InChI is InChI=1S/C21H17ClN2O3S/c1-11-12(2)28-20-17(11)19(25)23-18(24-20)13-5-9-16(10-6-13)27-21(26)14-3-7-15(22)8-4-14/h3-10,18,24H,1-2H3,(H,23,25)/t18-/m0/s1. The molecule has 28 heavy (non-hydrogen) atoms. The topological polar surface area (TPSA) is 67.4 Å². The van der Waals surface area contributed by atoms with Crippen LogP contribution in [0, 0.1) is 13.8 Å². The molecule has 2 heterocycles. The van der Waals surface area contributed by atoms with Crippen molar-refractivity contribution in [1.82, 2.24) is 5.32 Å². The fourth-order valence-corrected chi connectivity index (χ4v) is 4.23. The van der Waals surface area contributed by atoms with Crippen LogP contribution in [-0.2, 0) is 0 Å². The summed E-state index contributed by atoms with van der Waals surface area (Å²) in [6.45, 7) is 3.96. The van der Waals surface area contributed by atoms with E-state index in [-0.39, 0.29) is 12.1 Å². The van der Waals surface area contributed by atoms with Crippen LogP contribution in [-0.4, -0.2) is 11.9 Å². The van der Waals surface area contributed by atoms with Crippen molar-refractivity contribution in [2.24, 2.45) is 0 Å². The van der Waals surface area contributed by atoms with E-state index in [1.807, 2.05) is 26.0 Å². The van der Waals surface area contributed by atoms with E-state index < -0.39 is 5.97 Å². The third kappa shape index (κ3) is 3.48. The minimum atomic E-state index is -0.456. The van der Waals surface area contributed by atoms with E-state index in [2.05, 4.69) is 10.6 Å². The largest absolute Gasteiger partial charge is 0.423 e. The van der Waals surface area contributed by atoms with Crippen LogP contribution >= 0.6 is 22.9 Å². The fraction of sp³-hybridized carbons (Fsp3) is 0.143. The van der Waals surface area contributed by atoms with Crippen molar-refractivity contribution in [1.29, 1.82) is 0 Å². The number of hydrogen-bond donors (Lipinski definition) is 2. The molecule has 3 aromatic rings. The van der Waals surface area contributed by atoms with Gasteiger partial charge < -0.3 is 15.4 Å². The number of benzene rings is 2. The molecule has 5 nitrogen and oxygen atoms in total. The van der Waals surface area contributed by atoms with Gasteiger partial charge >= 0.3 is 5.97 Å². The van der Waals surface area contributed by atoms with Gasteiger partial charge in [0.05, 0.1) is 11.1 Å². The van der Waals surface area contributed by atoms with Crippen molar-refractivity contribution in [3.63, 3.8) is 0 Å². The molecule has 0 saturated carbocycles. The highest BCUT2D eigenvalue weighted by Gasteiger charge is 2.28. The molecule has 1 aliphatic rings. The molecule has 1 aromatic heterocycles. The zero-order valence-electron chi connectivity index (χ0n) is 15.2. The third-order valence-electron chi connectivity index (χ3n) is 4.67. The molecule has 2 aromatic carbocycles. The average Bonchev–Trinajstić information content (AvgIpc) is 2.97. The first kappa shape index (κ1) is 18.5. The Kier molecular flexibility index (Phi) is 4.83. The number of aryl methyl sites for hydroxylation is 1. The second kappa shape index (κ2) is 7.30. The van der Waals surface area contributed by atoms with Crippen LogP contribution in [0.3, 0.4) is 0 Å². The summed E-state index contributed by atoms with van der Waals surface area (Å²) < 4.78 is 5.39. The van der Waals surface area contributed by atoms with E-state index in [0.29, 0.717) is 21.9 Å². The first-order chi connectivity index (χ1) is 13.4. The molecule has 1 aliphatic heterocycles. The number of amides is 1. The van der Waals surface area contributed by atoms with E-state index in [1.165, 1.54) is 0 Å². The lowest BCUT2D eigenvalue weighted by molar-refractivity contribution is 0.0734. The first-order valence-electron chi connectivity index (χ1n) is 8.67. The number of ether oxygens (including phenoxy) is 1. The number of nitrogens with one attached hydrogen (secondary N) is 2. The van der Waals surface area contributed by atoms with Crippen LogP contribution < -0.4 is 15.4 Å². The van der Waals surface area contributed by atoms with Gasteiger partial charge in [-0.15, -0.1) is 11.3 Å². The Morgan fingerprint density at radius 2 is 1.71 bits per heavy atom. The molecule has 2 N–H and O–H groups in total. The summed E-state index contributed by atoms with van der Waals surface area (Å²) in [4.78, 5) is 25.8. The molecular formula is C21H17ClN2O3S. The van der Waals surface area contributed by atoms with Crippen LogP contribution in [0.2, 0.25) is 5.02 Å². The van der Waals surface area contributed by atoms with Crippen LogP contribution in [0.1, 0.15) is 42.9 Å². The lowest BCUT2D eigenvalue weighted by Gasteiger charge is -2.26. The Morgan fingerprint density at radius 3 is 2.39 bits per heavy atom. The van der Waals surface area contributed by atoms with Gasteiger partial charge in [0.15, 0.2) is 0 Å². The van der Waals surface area contributed by atoms with Crippen molar-refractivity contribution in [3.8, 4) is 5.75 Å². The minimum absolute atomic E-state index is 0.0844. The zero-order valence-corrected chi connectivity index (χ0v) is 16.8. The summed E-state index contributed by atoms with van der Waals surface area (Å²) in [5.41, 5.74) is 3.01. The predicted octanol–water partition coefficient (Wildman–Crippen LogP) is 5.09. The summed E-state index contributed by atoms with van der Waals surface area (Å²) in [5, 5.41) is 7.77. The number of halogens is 1. The Bertz CT molecular complexity index is 1060. The van der Waals surface area contributed by atoms with Crippen LogP contribution in [0.25, 0.3) is 0 Å². The molecule has 1 atom stereocenters. The maximum absolute atomic E-state index is 12.5. The van der Waals surface area contributed by atoms with Gasteiger partial charge in [-0.1, -0.05) is 23.7 Å². The van der Waals surface area contributed by atoms with Gasteiger partial charge in [0.1, 0.15) is 16.9 Å². The van der Waals surface area contributed by atoms with Gasteiger partial charge in [0, 0.05) is 9.90 Å². The highest BCUT2D eigenvalue weighted by molar-refractivity contribution is 7.16. The lowest BCUT2D eigenvalue weighted by Crippen LogP contribution is -2.38. The van der Waals surface area contributed by atoms with Gasteiger partial charge in [-0.2, -0.15) is 0 Å². The van der Waals surface area contributed by atoms with Crippen LogP contribution in [0.4, 0.5) is 5.00 Å². The van der Waals surface area contributed by atoms with Crippen molar-refractivity contribution in [2.75, 3.05) is 5.32 Å². The third-order valence-corrected chi connectivity index (χ3v) is 6.06. The molecule has 0 radical (unpaired) electrons. The highest BCUT2D eigenvalue weighted by atomic mass is 35.5. The molecule has 4 rings (SSSR count). The molecule has 1 amide bonds. The van der Waals surface area contributed by atoms with Crippen LogP contribution in [0.5, 0.6) is 5.75 Å². The Balaban J connectivity index is 1.48. The summed E-state index contributed by atoms with van der Waals surface area (Å²) in [6, 6.07) is 13.6. The molecule has 0 spiro atoms. The average molecular weight is 413 g/mol. The minimum Gasteiger partial charge on any atom is -0.423 e. The zero-order chi connectivity index (χ0) is 19.8. The highest BCUT2D eigenvalue weighted by Crippen LogP contribution is 2.37. The molecule has 0 aliphatic carbocycles. The van der Waals surface area contributed by atoms with Crippen LogP contribution in [0.15, 0.2) is 48.5 Å². The predicted molar refractivity (Wildman–Crippen MR) is 110 cm³/mol. The number of rotatable bonds is 3. The van der Waals surface area contributed by atoms with E-state index in [9.17, 15) is 9.59 Å². The maximum Gasteiger partial charge on any atom is 0.343 e. The quantitative estimate of drug-likeness (QED) is 0.464. The molecular weight excluding hydrogens is 396 g/mol. The number of carbonyl (C=O) groups is 2. The Labute approximate surface area is 171 Å². The fourth-order valence-electron chi connectivity index (χ4n) is 3.02.